The summed E-state index contributed by atoms with van der Waals surface area (Å²) in [6.07, 6.45) is 0.133. The van der Waals surface area contributed by atoms with Crippen molar-refractivity contribution >= 4 is 21.8 Å². The molecule has 0 saturated heterocycles. The van der Waals surface area contributed by atoms with Crippen LogP contribution in [0.2, 0.25) is 0 Å². The van der Waals surface area contributed by atoms with Gasteiger partial charge < -0.3 is 18.6 Å². The fourth-order valence-corrected chi connectivity index (χ4v) is 4.58. The largest absolute Gasteiger partial charge is 0.490 e. The Labute approximate surface area is 204 Å². The first-order valence-electron chi connectivity index (χ1n) is 11.4. The number of anilines is 1. The zero-order valence-electron chi connectivity index (χ0n) is 19.9. The fourth-order valence-electron chi connectivity index (χ4n) is 3.25. The Morgan fingerprint density at radius 2 is 1.57 bits per heavy atom. The molecule has 1 heterocycles. The second-order valence-electron chi connectivity index (χ2n) is 7.30. The van der Waals surface area contributed by atoms with E-state index in [-0.39, 0.29) is 35.4 Å². The Hall–Kier alpha value is -3.60. The van der Waals surface area contributed by atoms with Gasteiger partial charge in [0.25, 0.3) is 0 Å². The van der Waals surface area contributed by atoms with Gasteiger partial charge >= 0.3 is 6.01 Å². The number of aromatic nitrogens is 2. The molecule has 1 N–H and O–H groups in total. The van der Waals surface area contributed by atoms with E-state index in [9.17, 15) is 13.2 Å². The van der Waals surface area contributed by atoms with E-state index in [4.69, 9.17) is 18.6 Å². The predicted molar refractivity (Wildman–Crippen MR) is 130 cm³/mol. The van der Waals surface area contributed by atoms with Gasteiger partial charge in [-0.25, -0.2) is 8.42 Å². The number of nitrogens with zero attached hydrogens (tertiary/aromatic N) is 2. The first kappa shape index (κ1) is 26.0. The third kappa shape index (κ3) is 6.95. The van der Waals surface area contributed by atoms with E-state index in [0.29, 0.717) is 42.6 Å². The minimum absolute atomic E-state index is 0.0180. The van der Waals surface area contributed by atoms with Crippen molar-refractivity contribution in [1.82, 2.24) is 10.2 Å². The monoisotopic (exact) mass is 503 g/mol. The molecule has 0 aliphatic carbocycles. The highest BCUT2D eigenvalue weighted by molar-refractivity contribution is 7.91. The Kier molecular flexibility index (Phi) is 9.07. The van der Waals surface area contributed by atoms with E-state index < -0.39 is 15.7 Å². The van der Waals surface area contributed by atoms with Crippen molar-refractivity contribution in [2.75, 3.05) is 30.9 Å². The molecular formula is C24H29N3O7S. The molecule has 0 aliphatic heterocycles. The quantitative estimate of drug-likeness (QED) is 0.366. The van der Waals surface area contributed by atoms with E-state index >= 15 is 0 Å². The highest BCUT2D eigenvalue weighted by Crippen LogP contribution is 2.41. The normalized spacial score (nSPS) is 11.2. The van der Waals surface area contributed by atoms with Gasteiger partial charge in [0.1, 0.15) is 0 Å². The number of nitrogens with one attached hydrogen (secondary N) is 1. The van der Waals surface area contributed by atoms with E-state index in [0.717, 1.165) is 0 Å². The SMILES string of the molecule is CCOc1cc(-c2nnc(NC(=O)CCCS(=O)(=O)c3ccccc3)o2)cc(OCC)c1OCC. The summed E-state index contributed by atoms with van der Waals surface area (Å²) >= 11 is 0. The van der Waals surface area contributed by atoms with Gasteiger partial charge in [0, 0.05) is 12.0 Å². The summed E-state index contributed by atoms with van der Waals surface area (Å²) in [6.45, 7) is 6.84. The molecule has 11 heteroatoms. The summed E-state index contributed by atoms with van der Waals surface area (Å²) in [4.78, 5) is 12.5. The topological polar surface area (TPSA) is 130 Å². The molecule has 1 amide bonds. The van der Waals surface area contributed by atoms with Gasteiger partial charge in [0.15, 0.2) is 21.3 Å². The molecule has 0 bridgehead atoms. The lowest BCUT2D eigenvalue weighted by Crippen LogP contribution is -2.14. The molecular weight excluding hydrogens is 474 g/mol. The van der Waals surface area contributed by atoms with Crippen molar-refractivity contribution in [2.45, 2.75) is 38.5 Å². The Bertz CT molecular complexity index is 1200. The molecule has 0 fully saturated rings. The molecule has 10 nitrogen and oxygen atoms in total. The number of hydrogen-bond donors (Lipinski definition) is 1. The summed E-state index contributed by atoms with van der Waals surface area (Å²) in [6, 6.07) is 11.4. The van der Waals surface area contributed by atoms with Crippen molar-refractivity contribution in [3.8, 4) is 28.7 Å². The number of sulfone groups is 1. The van der Waals surface area contributed by atoms with Crippen molar-refractivity contribution in [3.05, 3.63) is 42.5 Å². The summed E-state index contributed by atoms with van der Waals surface area (Å²) in [5, 5.41) is 10.4. The fraction of sp³-hybridized carbons (Fsp3) is 0.375. The lowest BCUT2D eigenvalue weighted by molar-refractivity contribution is -0.116. The van der Waals surface area contributed by atoms with Crippen molar-refractivity contribution < 1.29 is 31.8 Å². The zero-order chi connectivity index (χ0) is 25.3. The van der Waals surface area contributed by atoms with Crippen LogP contribution in [0.4, 0.5) is 6.01 Å². The minimum atomic E-state index is -3.45. The average Bonchev–Trinajstić information content (AvgIpc) is 3.30. The second-order valence-corrected chi connectivity index (χ2v) is 9.41. The Balaban J connectivity index is 1.67. The van der Waals surface area contributed by atoms with Gasteiger partial charge in [0.05, 0.1) is 30.5 Å². The average molecular weight is 504 g/mol. The maximum Gasteiger partial charge on any atom is 0.322 e. The number of carbonyl (C=O) groups excluding carboxylic acids is 1. The summed E-state index contributed by atoms with van der Waals surface area (Å²) in [7, 11) is -3.45. The molecule has 0 spiro atoms. The van der Waals surface area contributed by atoms with Crippen LogP contribution in [0.3, 0.4) is 0 Å². The minimum Gasteiger partial charge on any atom is -0.490 e. The molecule has 1 aromatic heterocycles. The Morgan fingerprint density at radius 3 is 2.17 bits per heavy atom. The van der Waals surface area contributed by atoms with Crippen LogP contribution in [0.1, 0.15) is 33.6 Å². The second kappa shape index (κ2) is 12.2. The molecule has 3 aromatic rings. The molecule has 0 saturated carbocycles. The van der Waals surface area contributed by atoms with Crippen LogP contribution < -0.4 is 19.5 Å². The maximum absolute atomic E-state index is 12.3. The predicted octanol–water partition coefficient (Wildman–Crippen LogP) is 4.13. The smallest absolute Gasteiger partial charge is 0.322 e. The number of carbonyl (C=O) groups is 1. The summed E-state index contributed by atoms with van der Waals surface area (Å²) in [5.41, 5.74) is 0.530. The lowest BCUT2D eigenvalue weighted by Gasteiger charge is -2.16. The van der Waals surface area contributed by atoms with Crippen molar-refractivity contribution in [2.24, 2.45) is 0 Å². The van der Waals surface area contributed by atoms with Crippen LogP contribution >= 0.6 is 0 Å². The molecule has 0 aliphatic rings. The van der Waals surface area contributed by atoms with Gasteiger partial charge in [-0.05, 0) is 51.5 Å². The molecule has 0 unspecified atom stereocenters. The van der Waals surface area contributed by atoms with Gasteiger partial charge in [-0.2, -0.15) is 0 Å². The Morgan fingerprint density at radius 1 is 0.943 bits per heavy atom. The van der Waals surface area contributed by atoms with Crippen LogP contribution in [0.25, 0.3) is 11.5 Å². The van der Waals surface area contributed by atoms with Crippen molar-refractivity contribution in [1.29, 1.82) is 0 Å². The zero-order valence-corrected chi connectivity index (χ0v) is 20.8. The highest BCUT2D eigenvalue weighted by Gasteiger charge is 2.20. The molecule has 2 aromatic carbocycles. The first-order chi connectivity index (χ1) is 16.9. The molecule has 35 heavy (non-hydrogen) atoms. The van der Waals surface area contributed by atoms with Gasteiger partial charge in [-0.3, -0.25) is 10.1 Å². The number of ether oxygens (including phenoxy) is 3. The first-order valence-corrected chi connectivity index (χ1v) is 13.0. The molecule has 188 valence electrons. The third-order valence-electron chi connectivity index (χ3n) is 4.75. The molecule has 0 radical (unpaired) electrons. The summed E-state index contributed by atoms with van der Waals surface area (Å²) in [5.74, 6) is 1.000. The third-order valence-corrected chi connectivity index (χ3v) is 6.56. The number of benzene rings is 2. The van der Waals surface area contributed by atoms with Gasteiger partial charge in [0.2, 0.25) is 17.5 Å². The van der Waals surface area contributed by atoms with Crippen LogP contribution in [0.5, 0.6) is 17.2 Å². The number of rotatable bonds is 13. The standard InChI is InChI=1S/C24H29N3O7S/c1-4-31-19-15-17(16-20(32-5-2)22(19)33-6-3)23-26-27-24(34-23)25-21(28)13-10-14-35(29,30)18-11-8-7-9-12-18/h7-9,11-12,15-16H,4-6,10,13-14H2,1-3H3,(H,25,27,28). The molecule has 0 atom stereocenters. The highest BCUT2D eigenvalue weighted by atomic mass is 32.2. The number of amides is 1. The summed E-state index contributed by atoms with van der Waals surface area (Å²) < 4.78 is 47.4. The van der Waals surface area contributed by atoms with E-state index in [1.807, 2.05) is 20.8 Å². The molecule has 3 rings (SSSR count). The van der Waals surface area contributed by atoms with Crippen LogP contribution in [0, 0.1) is 0 Å². The van der Waals surface area contributed by atoms with Gasteiger partial charge in [-0.1, -0.05) is 23.3 Å². The van der Waals surface area contributed by atoms with Crippen molar-refractivity contribution in [3.63, 3.8) is 0 Å². The lowest BCUT2D eigenvalue weighted by atomic mass is 10.2. The van der Waals surface area contributed by atoms with E-state index in [1.165, 1.54) is 12.1 Å². The number of hydrogen-bond acceptors (Lipinski definition) is 9. The van der Waals surface area contributed by atoms with E-state index in [2.05, 4.69) is 15.5 Å². The van der Waals surface area contributed by atoms with Crippen LogP contribution in [0.15, 0.2) is 51.8 Å². The maximum atomic E-state index is 12.3. The van der Waals surface area contributed by atoms with Gasteiger partial charge in [-0.15, -0.1) is 5.10 Å². The van der Waals surface area contributed by atoms with Crippen LogP contribution in [-0.4, -0.2) is 50.1 Å². The van der Waals surface area contributed by atoms with Crippen LogP contribution in [-0.2, 0) is 14.6 Å². The van der Waals surface area contributed by atoms with E-state index in [1.54, 1.807) is 30.3 Å².